The largest absolute Gasteiger partial charge is 0.573 e. The van der Waals surface area contributed by atoms with E-state index >= 15 is 0 Å². The van der Waals surface area contributed by atoms with Crippen LogP contribution in [0.15, 0.2) is 72.1 Å². The summed E-state index contributed by atoms with van der Waals surface area (Å²) in [6.45, 7) is 3.98. The lowest BCUT2D eigenvalue weighted by Gasteiger charge is -2.20. The Balaban J connectivity index is 1.17. The van der Waals surface area contributed by atoms with Crippen LogP contribution in [0.4, 0.5) is 29.3 Å². The molecule has 1 N–H and O–H groups in total. The molecule has 44 heavy (non-hydrogen) atoms. The first-order valence-corrected chi connectivity index (χ1v) is 14.4. The third-order valence-corrected chi connectivity index (χ3v) is 7.10. The number of amidine groups is 1. The van der Waals surface area contributed by atoms with Gasteiger partial charge in [0.05, 0.1) is 29.0 Å². The summed E-state index contributed by atoms with van der Waals surface area (Å²) in [5.41, 5.74) is 3.60. The zero-order chi connectivity index (χ0) is 31.3. The summed E-state index contributed by atoms with van der Waals surface area (Å²) in [6.07, 6.45) is -0.280. The highest BCUT2D eigenvalue weighted by Gasteiger charge is 2.32. The predicted octanol–water partition coefficient (Wildman–Crippen LogP) is 6.07. The molecule has 4 aromatic rings. The number of anilines is 2. The number of carbonyl (C=O) groups is 2. The molecule has 228 valence electrons. The molecule has 0 aliphatic carbocycles. The summed E-state index contributed by atoms with van der Waals surface area (Å²) in [6, 6.07) is 13.6. The number of nitrogens with one attached hydrogen (secondary N) is 1. The fourth-order valence-corrected chi connectivity index (χ4v) is 5.11. The monoisotopic (exact) mass is 625 g/mol. The second-order valence-corrected chi connectivity index (χ2v) is 10.5. The van der Waals surface area contributed by atoms with E-state index in [9.17, 15) is 22.8 Å². The number of amides is 3. The molecule has 2 aromatic heterocycles. The summed E-state index contributed by atoms with van der Waals surface area (Å²) in [5.74, 6) is 0.251. The molecular weight excluding hydrogens is 599 g/mol. The Hall–Kier alpha value is -4.92. The number of hydrogen-bond acceptors (Lipinski definition) is 8. The SMILES string of the molecule is CCCc1ccc(C)cc1N1C(=O)CSC1=NC(=O)Nc1ccc(OCc2ncn(-c3ccc(OC(F)(F)F)cc3)n2)nc1. The third-order valence-electron chi connectivity index (χ3n) is 6.17. The highest BCUT2D eigenvalue weighted by Crippen LogP contribution is 2.31. The summed E-state index contributed by atoms with van der Waals surface area (Å²) in [7, 11) is 0. The number of thioether (sulfide) groups is 1. The molecule has 0 bridgehead atoms. The van der Waals surface area contributed by atoms with E-state index in [-0.39, 0.29) is 29.9 Å². The zero-order valence-electron chi connectivity index (χ0n) is 23.5. The molecule has 15 heteroatoms. The molecule has 2 aromatic carbocycles. The van der Waals surface area contributed by atoms with Crippen molar-refractivity contribution in [1.82, 2.24) is 19.7 Å². The topological polar surface area (TPSA) is 124 Å². The van der Waals surface area contributed by atoms with Gasteiger partial charge >= 0.3 is 12.4 Å². The molecular formula is C29H26F3N7O4S. The number of pyridine rings is 1. The van der Waals surface area contributed by atoms with Crippen molar-refractivity contribution in [3.8, 4) is 17.3 Å². The molecule has 1 aliphatic rings. The first kappa shape index (κ1) is 30.5. The lowest BCUT2D eigenvalue weighted by Crippen LogP contribution is -2.31. The summed E-state index contributed by atoms with van der Waals surface area (Å²) >= 11 is 1.20. The van der Waals surface area contributed by atoms with Crippen molar-refractivity contribution in [1.29, 1.82) is 0 Å². The Morgan fingerprint density at radius 1 is 1.11 bits per heavy atom. The Bertz CT molecular complexity index is 1680. The minimum atomic E-state index is -4.77. The van der Waals surface area contributed by atoms with Crippen molar-refractivity contribution in [3.63, 3.8) is 0 Å². The molecule has 0 saturated carbocycles. The van der Waals surface area contributed by atoms with Gasteiger partial charge < -0.3 is 14.8 Å². The Kier molecular flexibility index (Phi) is 9.13. The number of hydrogen-bond donors (Lipinski definition) is 1. The van der Waals surface area contributed by atoms with Crippen LogP contribution in [-0.2, 0) is 17.8 Å². The van der Waals surface area contributed by atoms with Crippen LogP contribution in [0.25, 0.3) is 5.69 Å². The van der Waals surface area contributed by atoms with E-state index in [2.05, 4.69) is 37.0 Å². The van der Waals surface area contributed by atoms with Crippen molar-refractivity contribution >= 4 is 40.2 Å². The van der Waals surface area contributed by atoms with Gasteiger partial charge in [-0.3, -0.25) is 9.69 Å². The maximum Gasteiger partial charge on any atom is 0.573 e. The molecule has 11 nitrogen and oxygen atoms in total. The number of benzene rings is 2. The second-order valence-electron chi connectivity index (χ2n) is 9.55. The predicted molar refractivity (Wildman–Crippen MR) is 158 cm³/mol. The van der Waals surface area contributed by atoms with E-state index < -0.39 is 12.4 Å². The summed E-state index contributed by atoms with van der Waals surface area (Å²) < 4.78 is 47.9. The van der Waals surface area contributed by atoms with Crippen LogP contribution in [-0.4, -0.2) is 49.0 Å². The zero-order valence-corrected chi connectivity index (χ0v) is 24.4. The fraction of sp³-hybridized carbons (Fsp3) is 0.241. The van der Waals surface area contributed by atoms with Gasteiger partial charge in [0.25, 0.3) is 0 Å². The number of alkyl halides is 3. The highest BCUT2D eigenvalue weighted by atomic mass is 32.2. The lowest BCUT2D eigenvalue weighted by molar-refractivity contribution is -0.274. The number of ether oxygens (including phenoxy) is 2. The average molecular weight is 626 g/mol. The molecule has 3 heterocycles. The van der Waals surface area contributed by atoms with E-state index in [0.29, 0.717) is 22.4 Å². The van der Waals surface area contributed by atoms with Gasteiger partial charge in [-0.1, -0.05) is 37.2 Å². The molecule has 0 atom stereocenters. The maximum absolute atomic E-state index is 12.7. The van der Waals surface area contributed by atoms with E-state index in [1.54, 1.807) is 12.1 Å². The third kappa shape index (κ3) is 7.72. The number of aryl methyl sites for hydroxylation is 2. The number of urea groups is 1. The minimum Gasteiger partial charge on any atom is -0.469 e. The van der Waals surface area contributed by atoms with E-state index in [0.717, 1.165) is 29.7 Å². The van der Waals surface area contributed by atoms with Crippen molar-refractivity contribution < 1.29 is 32.2 Å². The number of nitrogens with zero attached hydrogens (tertiary/aromatic N) is 6. The Labute approximate surface area is 254 Å². The van der Waals surface area contributed by atoms with Gasteiger partial charge in [0.2, 0.25) is 11.8 Å². The van der Waals surface area contributed by atoms with Crippen LogP contribution < -0.4 is 19.7 Å². The number of carbonyl (C=O) groups excluding carboxylic acids is 2. The Morgan fingerprint density at radius 3 is 2.61 bits per heavy atom. The van der Waals surface area contributed by atoms with Crippen molar-refractivity contribution in [2.75, 3.05) is 16.0 Å². The standard InChI is InChI=1S/C29H26F3N7O4S/c1-3-4-19-6-5-18(2)13-23(19)39-26(40)16-44-28(39)36-27(41)35-20-7-12-25(33-14-20)42-15-24-34-17-38(37-24)21-8-10-22(11-9-21)43-29(30,31)32/h5-14,17H,3-4,15-16H2,1-2H3,(H,35,41). The van der Waals surface area contributed by atoms with Crippen LogP contribution in [0, 0.1) is 6.92 Å². The van der Waals surface area contributed by atoms with Crippen molar-refractivity contribution in [2.24, 2.45) is 4.99 Å². The smallest absolute Gasteiger partial charge is 0.469 e. The number of halogens is 3. The first-order chi connectivity index (χ1) is 21.1. The highest BCUT2D eigenvalue weighted by molar-refractivity contribution is 8.15. The van der Waals surface area contributed by atoms with Crippen molar-refractivity contribution in [3.05, 3.63) is 84.1 Å². The first-order valence-electron chi connectivity index (χ1n) is 13.4. The van der Waals surface area contributed by atoms with Gasteiger partial charge in [0, 0.05) is 6.07 Å². The Morgan fingerprint density at radius 2 is 1.91 bits per heavy atom. The molecule has 3 amide bonds. The van der Waals surface area contributed by atoms with Gasteiger partial charge in [0.15, 0.2) is 17.6 Å². The molecule has 0 unspecified atom stereocenters. The van der Waals surface area contributed by atoms with Crippen molar-refractivity contribution in [2.45, 2.75) is 39.7 Å². The van der Waals surface area contributed by atoms with Crippen LogP contribution in [0.1, 0.15) is 30.3 Å². The summed E-state index contributed by atoms with van der Waals surface area (Å²) in [4.78, 5) is 39.5. The average Bonchev–Trinajstić information content (AvgIpc) is 3.60. The quantitative estimate of drug-likeness (QED) is 0.238. The molecule has 1 saturated heterocycles. The van der Waals surface area contributed by atoms with Gasteiger partial charge in [-0.25, -0.2) is 19.4 Å². The van der Waals surface area contributed by atoms with E-state index in [1.165, 1.54) is 58.1 Å². The number of aromatic nitrogens is 4. The second kappa shape index (κ2) is 13.2. The molecule has 0 spiro atoms. The molecule has 5 rings (SSSR count). The molecule has 1 fully saturated rings. The molecule has 0 radical (unpaired) electrons. The number of aliphatic imine (C=N–C) groups is 1. The van der Waals surface area contributed by atoms with Crippen LogP contribution in [0.3, 0.4) is 0 Å². The van der Waals surface area contributed by atoms with Crippen LogP contribution in [0.5, 0.6) is 11.6 Å². The fourth-order valence-electron chi connectivity index (χ4n) is 4.25. The summed E-state index contributed by atoms with van der Waals surface area (Å²) in [5, 5.41) is 7.20. The minimum absolute atomic E-state index is 0.0330. The molecule has 1 aliphatic heterocycles. The lowest BCUT2D eigenvalue weighted by atomic mass is 10.0. The van der Waals surface area contributed by atoms with Gasteiger partial charge in [-0.15, -0.1) is 18.3 Å². The van der Waals surface area contributed by atoms with E-state index in [1.807, 2.05) is 25.1 Å². The number of rotatable bonds is 9. The van der Waals surface area contributed by atoms with Crippen LogP contribution in [0.2, 0.25) is 0 Å². The van der Waals surface area contributed by atoms with Gasteiger partial charge in [-0.05, 0) is 60.9 Å². The van der Waals surface area contributed by atoms with Gasteiger partial charge in [-0.2, -0.15) is 4.99 Å². The normalized spacial score (nSPS) is 14.2. The van der Waals surface area contributed by atoms with Crippen LogP contribution >= 0.6 is 11.8 Å². The van der Waals surface area contributed by atoms with Gasteiger partial charge in [0.1, 0.15) is 12.1 Å². The van der Waals surface area contributed by atoms with E-state index in [4.69, 9.17) is 4.74 Å². The maximum atomic E-state index is 12.7.